The Hall–Kier alpha value is 0.01000. The minimum atomic E-state index is 0.480. The molecule has 0 fully saturated rings. The number of hydrogen-bond donors (Lipinski definition) is 1. The van der Waals surface area contributed by atoms with Gasteiger partial charge in [0.2, 0.25) is 0 Å². The Morgan fingerprint density at radius 2 is 2.31 bits per heavy atom. The molecular formula is C10H17NS2. The average Bonchev–Trinajstić information content (AvgIpc) is 2.55. The molecule has 1 aromatic heterocycles. The lowest BCUT2D eigenvalue weighted by Crippen LogP contribution is -2.30. The van der Waals surface area contributed by atoms with Gasteiger partial charge < -0.3 is 5.32 Å². The summed E-state index contributed by atoms with van der Waals surface area (Å²) < 4.78 is 0. The molecule has 1 rings (SSSR count). The van der Waals surface area contributed by atoms with Crippen molar-refractivity contribution >= 4 is 23.1 Å². The maximum atomic E-state index is 3.57. The van der Waals surface area contributed by atoms with Crippen molar-refractivity contribution in [1.29, 1.82) is 0 Å². The second kappa shape index (κ2) is 5.68. The van der Waals surface area contributed by atoms with Crippen molar-refractivity contribution in [2.75, 3.05) is 12.0 Å². The summed E-state index contributed by atoms with van der Waals surface area (Å²) in [6.45, 7) is 4.46. The van der Waals surface area contributed by atoms with Crippen LogP contribution >= 0.6 is 23.1 Å². The second-order valence-electron chi connectivity index (χ2n) is 3.30. The number of thiophene rings is 1. The summed E-state index contributed by atoms with van der Waals surface area (Å²) in [5.74, 6) is 1.18. The summed E-state index contributed by atoms with van der Waals surface area (Å²) in [5.41, 5.74) is 1.40. The fraction of sp³-hybridized carbons (Fsp3) is 0.600. The first-order valence-corrected chi connectivity index (χ1v) is 6.84. The highest BCUT2D eigenvalue weighted by Crippen LogP contribution is 2.16. The predicted octanol–water partition coefficient (Wildman–Crippen LogP) is 3.15. The molecule has 0 spiro atoms. The first-order valence-electron chi connectivity index (χ1n) is 4.51. The van der Waals surface area contributed by atoms with Gasteiger partial charge in [-0.3, -0.25) is 0 Å². The van der Waals surface area contributed by atoms with E-state index >= 15 is 0 Å². The van der Waals surface area contributed by atoms with Crippen molar-refractivity contribution < 1.29 is 0 Å². The molecule has 0 saturated heterocycles. The molecule has 0 aliphatic heterocycles. The van der Waals surface area contributed by atoms with Gasteiger partial charge in [0.15, 0.2) is 0 Å². The normalized spacial score (nSPS) is 15.6. The van der Waals surface area contributed by atoms with Gasteiger partial charge in [-0.15, -0.1) is 0 Å². The number of thioether (sulfide) groups is 1. The Morgan fingerprint density at radius 3 is 2.85 bits per heavy atom. The van der Waals surface area contributed by atoms with Crippen LogP contribution in [0.3, 0.4) is 0 Å². The third-order valence-electron chi connectivity index (χ3n) is 1.99. The molecule has 13 heavy (non-hydrogen) atoms. The third-order valence-corrected chi connectivity index (χ3v) is 3.53. The highest BCUT2D eigenvalue weighted by Gasteiger charge is 2.08. The van der Waals surface area contributed by atoms with Crippen molar-refractivity contribution in [3.8, 4) is 0 Å². The first-order chi connectivity index (χ1) is 6.24. The molecule has 0 aliphatic rings. The van der Waals surface area contributed by atoms with E-state index in [1.54, 1.807) is 11.3 Å². The number of rotatable bonds is 5. The lowest BCUT2D eigenvalue weighted by atomic mass is 10.1. The van der Waals surface area contributed by atoms with Crippen LogP contribution in [0.5, 0.6) is 0 Å². The highest BCUT2D eigenvalue weighted by molar-refractivity contribution is 7.98. The van der Waals surface area contributed by atoms with Gasteiger partial charge in [0, 0.05) is 17.8 Å². The Labute approximate surface area is 88.9 Å². The average molecular weight is 215 g/mol. The molecule has 1 heterocycles. The van der Waals surface area contributed by atoms with Gasteiger partial charge in [-0.1, -0.05) is 0 Å². The maximum Gasteiger partial charge on any atom is 0.0302 e. The Morgan fingerprint density at radius 1 is 1.54 bits per heavy atom. The van der Waals surface area contributed by atoms with Crippen molar-refractivity contribution in [1.82, 2.24) is 5.32 Å². The molecule has 2 atom stereocenters. The molecule has 0 aromatic carbocycles. The molecule has 1 nitrogen and oxygen atoms in total. The van der Waals surface area contributed by atoms with E-state index in [1.807, 2.05) is 11.8 Å². The number of hydrogen-bond acceptors (Lipinski definition) is 3. The van der Waals surface area contributed by atoms with Gasteiger partial charge in [-0.2, -0.15) is 23.1 Å². The lowest BCUT2D eigenvalue weighted by Gasteiger charge is -2.18. The smallest absolute Gasteiger partial charge is 0.0302 e. The van der Waals surface area contributed by atoms with Crippen molar-refractivity contribution in [3.05, 3.63) is 22.4 Å². The largest absolute Gasteiger partial charge is 0.307 e. The zero-order chi connectivity index (χ0) is 9.68. The van der Waals surface area contributed by atoms with E-state index in [2.05, 4.69) is 42.2 Å². The first kappa shape index (κ1) is 11.1. The van der Waals surface area contributed by atoms with Gasteiger partial charge in [0.1, 0.15) is 0 Å². The summed E-state index contributed by atoms with van der Waals surface area (Å²) in [7, 11) is 0. The van der Waals surface area contributed by atoms with Crippen LogP contribution in [-0.2, 0) is 0 Å². The fourth-order valence-corrected chi connectivity index (χ4v) is 2.69. The molecule has 1 N–H and O–H groups in total. The molecule has 0 unspecified atom stereocenters. The van der Waals surface area contributed by atoms with Crippen LogP contribution in [0.4, 0.5) is 0 Å². The molecular weight excluding hydrogens is 198 g/mol. The van der Waals surface area contributed by atoms with Gasteiger partial charge in [0.25, 0.3) is 0 Å². The monoisotopic (exact) mass is 215 g/mol. The molecule has 0 radical (unpaired) electrons. The molecule has 0 amide bonds. The van der Waals surface area contributed by atoms with Crippen molar-refractivity contribution in [2.24, 2.45) is 0 Å². The van der Waals surface area contributed by atoms with Crippen LogP contribution in [0, 0.1) is 0 Å². The molecule has 0 bridgehead atoms. The van der Waals surface area contributed by atoms with Crippen LogP contribution in [0.25, 0.3) is 0 Å². The highest BCUT2D eigenvalue weighted by atomic mass is 32.2. The fourth-order valence-electron chi connectivity index (χ4n) is 1.34. The molecule has 3 heteroatoms. The van der Waals surface area contributed by atoms with Crippen LogP contribution in [0.15, 0.2) is 16.8 Å². The Balaban J connectivity index is 2.37. The van der Waals surface area contributed by atoms with Crippen molar-refractivity contribution in [3.63, 3.8) is 0 Å². The summed E-state index contributed by atoms with van der Waals surface area (Å²) in [4.78, 5) is 0. The lowest BCUT2D eigenvalue weighted by molar-refractivity contribution is 0.512. The summed E-state index contributed by atoms with van der Waals surface area (Å²) in [6.07, 6.45) is 2.15. The van der Waals surface area contributed by atoms with Gasteiger partial charge in [-0.25, -0.2) is 0 Å². The summed E-state index contributed by atoms with van der Waals surface area (Å²) >= 11 is 3.65. The zero-order valence-electron chi connectivity index (χ0n) is 8.41. The molecule has 0 aliphatic carbocycles. The van der Waals surface area contributed by atoms with Crippen molar-refractivity contribution in [2.45, 2.75) is 25.9 Å². The maximum absolute atomic E-state index is 3.57. The topological polar surface area (TPSA) is 12.0 Å². The van der Waals surface area contributed by atoms with E-state index in [4.69, 9.17) is 0 Å². The van der Waals surface area contributed by atoms with E-state index in [1.165, 1.54) is 11.3 Å². The van der Waals surface area contributed by atoms with E-state index < -0.39 is 0 Å². The Bertz CT molecular complexity index is 221. The van der Waals surface area contributed by atoms with Crippen LogP contribution < -0.4 is 5.32 Å². The SMILES string of the molecule is CSC[C@@H](C)N[C@@H](C)c1ccsc1. The standard InChI is InChI=1S/C10H17NS2/c1-8(6-12-3)11-9(2)10-4-5-13-7-10/h4-5,7-9,11H,6H2,1-3H3/t8-,9+/m1/s1. The van der Waals surface area contributed by atoms with E-state index in [0.717, 1.165) is 0 Å². The van der Waals surface area contributed by atoms with Gasteiger partial charge in [0.05, 0.1) is 0 Å². The van der Waals surface area contributed by atoms with E-state index in [-0.39, 0.29) is 0 Å². The second-order valence-corrected chi connectivity index (χ2v) is 4.99. The van der Waals surface area contributed by atoms with Gasteiger partial charge in [-0.05, 0) is 42.5 Å². The molecule has 74 valence electrons. The minimum absolute atomic E-state index is 0.480. The van der Waals surface area contributed by atoms with E-state index in [0.29, 0.717) is 12.1 Å². The Kier molecular flexibility index (Phi) is 4.84. The van der Waals surface area contributed by atoms with E-state index in [9.17, 15) is 0 Å². The van der Waals surface area contributed by atoms with Gasteiger partial charge >= 0.3 is 0 Å². The quantitative estimate of drug-likeness (QED) is 0.810. The molecule has 1 aromatic rings. The zero-order valence-corrected chi connectivity index (χ0v) is 10.0. The summed E-state index contributed by atoms with van der Waals surface area (Å²) in [5, 5.41) is 7.91. The third kappa shape index (κ3) is 3.71. The molecule has 0 saturated carbocycles. The van der Waals surface area contributed by atoms with Crippen LogP contribution in [-0.4, -0.2) is 18.1 Å². The van der Waals surface area contributed by atoms with Crippen LogP contribution in [0.1, 0.15) is 25.5 Å². The number of nitrogens with one attached hydrogen (secondary N) is 1. The predicted molar refractivity (Wildman–Crippen MR) is 63.7 cm³/mol. The van der Waals surface area contributed by atoms with Crippen LogP contribution in [0.2, 0.25) is 0 Å². The minimum Gasteiger partial charge on any atom is -0.307 e. The summed E-state index contributed by atoms with van der Waals surface area (Å²) in [6, 6.07) is 3.26.